The number of aliphatic hydroxyl groups excluding tert-OH is 1. The third kappa shape index (κ3) is 4.00. The quantitative estimate of drug-likeness (QED) is 0.717. The number of aliphatic hydroxyl groups is 1. The largest absolute Gasteiger partial charge is 0.389 e. The molecular weight excluding hydrogens is 354 g/mol. The smallest absolute Gasteiger partial charge is 0.261 e. The number of hydrogen-bond acceptors (Lipinski definition) is 5. The van der Waals surface area contributed by atoms with Crippen LogP contribution < -0.4 is 5.56 Å². The molecule has 2 heterocycles. The second kappa shape index (κ2) is 7.87. The van der Waals surface area contributed by atoms with Crippen LogP contribution in [0.4, 0.5) is 8.78 Å². The van der Waals surface area contributed by atoms with Crippen LogP contribution in [-0.2, 0) is 6.54 Å². The summed E-state index contributed by atoms with van der Waals surface area (Å²) >= 11 is 0. The molecule has 0 saturated carbocycles. The van der Waals surface area contributed by atoms with Crippen molar-refractivity contribution in [1.82, 2.24) is 19.5 Å². The highest BCUT2D eigenvalue weighted by Crippen LogP contribution is 2.23. The second-order valence-corrected chi connectivity index (χ2v) is 6.45. The number of nitrogens with zero attached hydrogens (tertiary/aromatic N) is 4. The molecule has 8 heteroatoms. The van der Waals surface area contributed by atoms with Crippen molar-refractivity contribution in [1.29, 1.82) is 0 Å². The van der Waals surface area contributed by atoms with Crippen LogP contribution in [0.15, 0.2) is 35.6 Å². The van der Waals surface area contributed by atoms with Gasteiger partial charge >= 0.3 is 0 Å². The molecular formula is C19H20F2N4O2. The maximum absolute atomic E-state index is 14.6. The van der Waals surface area contributed by atoms with Crippen LogP contribution in [0.2, 0.25) is 0 Å². The van der Waals surface area contributed by atoms with Crippen molar-refractivity contribution in [3.63, 3.8) is 0 Å². The number of benzene rings is 1. The predicted octanol–water partition coefficient (Wildman–Crippen LogP) is 3.18. The number of hydrogen-bond donors (Lipinski definition) is 1. The first-order chi connectivity index (χ1) is 12.9. The molecule has 1 N–H and O–H groups in total. The molecule has 0 spiro atoms. The fourth-order valence-electron chi connectivity index (χ4n) is 2.79. The summed E-state index contributed by atoms with van der Waals surface area (Å²) in [6.07, 6.45) is 3.23. The van der Waals surface area contributed by atoms with Gasteiger partial charge in [-0.05, 0) is 25.5 Å². The molecule has 1 aromatic carbocycles. The summed E-state index contributed by atoms with van der Waals surface area (Å²) in [4.78, 5) is 24.8. The molecule has 0 fully saturated rings. The standard InChI is InChI=1S/C19H20F2N4O2/c1-3-4-13(20)9-25-10-24-17-6-14(16(21)5-15(17)19(25)27)18-22-7-12(8-23-18)11(2)26/h5-8,10-11,13,26H,3-4,9H2,1-2H3. The van der Waals surface area contributed by atoms with Gasteiger partial charge in [-0.1, -0.05) is 13.3 Å². The Hall–Kier alpha value is -2.74. The lowest BCUT2D eigenvalue weighted by Crippen LogP contribution is -2.25. The van der Waals surface area contributed by atoms with Crippen LogP contribution in [0.1, 0.15) is 38.4 Å². The monoisotopic (exact) mass is 374 g/mol. The lowest BCUT2D eigenvalue weighted by atomic mass is 10.1. The molecule has 0 aliphatic rings. The van der Waals surface area contributed by atoms with Gasteiger partial charge in [-0.2, -0.15) is 0 Å². The first kappa shape index (κ1) is 19.0. The number of rotatable bonds is 6. The molecule has 0 radical (unpaired) electrons. The fraction of sp³-hybridized carbons (Fsp3) is 0.368. The maximum Gasteiger partial charge on any atom is 0.261 e. The van der Waals surface area contributed by atoms with E-state index >= 15 is 0 Å². The van der Waals surface area contributed by atoms with E-state index in [9.17, 15) is 18.7 Å². The Balaban J connectivity index is 2.01. The molecule has 0 amide bonds. The number of fused-ring (bicyclic) bond motifs is 1. The van der Waals surface area contributed by atoms with Crippen molar-refractivity contribution < 1.29 is 13.9 Å². The van der Waals surface area contributed by atoms with E-state index in [1.54, 1.807) is 6.92 Å². The molecule has 0 aliphatic carbocycles. The zero-order valence-corrected chi connectivity index (χ0v) is 15.1. The van der Waals surface area contributed by atoms with E-state index in [2.05, 4.69) is 15.0 Å². The highest BCUT2D eigenvalue weighted by Gasteiger charge is 2.15. The molecule has 0 saturated heterocycles. The average molecular weight is 374 g/mol. The van der Waals surface area contributed by atoms with Crippen LogP contribution in [-0.4, -0.2) is 30.8 Å². The molecule has 2 unspecified atom stereocenters. The zero-order chi connectivity index (χ0) is 19.6. The van der Waals surface area contributed by atoms with Crippen molar-refractivity contribution in [2.75, 3.05) is 0 Å². The van der Waals surface area contributed by atoms with Crippen LogP contribution >= 0.6 is 0 Å². The summed E-state index contributed by atoms with van der Waals surface area (Å²) in [6, 6.07) is 2.47. The van der Waals surface area contributed by atoms with E-state index in [1.165, 1.54) is 24.8 Å². The van der Waals surface area contributed by atoms with Gasteiger partial charge < -0.3 is 5.11 Å². The minimum atomic E-state index is -1.16. The van der Waals surface area contributed by atoms with Gasteiger partial charge in [0, 0.05) is 18.0 Å². The Labute approximate surface area is 154 Å². The average Bonchev–Trinajstić information content (AvgIpc) is 2.64. The SMILES string of the molecule is CCCC(F)Cn1cnc2cc(-c3ncc(C(C)O)cn3)c(F)cc2c1=O. The zero-order valence-electron chi connectivity index (χ0n) is 15.1. The van der Waals surface area contributed by atoms with Gasteiger partial charge in [-0.25, -0.2) is 23.7 Å². The minimum Gasteiger partial charge on any atom is -0.389 e. The van der Waals surface area contributed by atoms with E-state index in [-0.39, 0.29) is 28.8 Å². The Bertz CT molecular complexity index is 1000. The highest BCUT2D eigenvalue weighted by atomic mass is 19.1. The van der Waals surface area contributed by atoms with Gasteiger partial charge in [-0.3, -0.25) is 9.36 Å². The van der Waals surface area contributed by atoms with Gasteiger partial charge in [0.1, 0.15) is 12.0 Å². The van der Waals surface area contributed by atoms with Crippen molar-refractivity contribution in [3.05, 3.63) is 52.6 Å². The summed E-state index contributed by atoms with van der Waals surface area (Å²) in [5.74, 6) is -0.550. The van der Waals surface area contributed by atoms with Crippen LogP contribution in [0.25, 0.3) is 22.3 Å². The molecule has 2 atom stereocenters. The molecule has 0 bridgehead atoms. The fourth-order valence-corrected chi connectivity index (χ4v) is 2.79. The van der Waals surface area contributed by atoms with Gasteiger partial charge in [0.25, 0.3) is 5.56 Å². The van der Waals surface area contributed by atoms with Crippen LogP contribution in [0.5, 0.6) is 0 Å². The van der Waals surface area contributed by atoms with Crippen LogP contribution in [0.3, 0.4) is 0 Å². The molecule has 0 aliphatic heterocycles. The van der Waals surface area contributed by atoms with E-state index < -0.39 is 23.7 Å². The summed E-state index contributed by atoms with van der Waals surface area (Å²) in [5.41, 5.74) is 0.392. The third-order valence-electron chi connectivity index (χ3n) is 4.30. The van der Waals surface area contributed by atoms with Crippen LogP contribution in [0, 0.1) is 5.82 Å². The van der Waals surface area contributed by atoms with Gasteiger partial charge in [0.15, 0.2) is 5.82 Å². The Morgan fingerprint density at radius 1 is 1.22 bits per heavy atom. The predicted molar refractivity (Wildman–Crippen MR) is 97.4 cm³/mol. The molecule has 6 nitrogen and oxygen atoms in total. The Kier molecular flexibility index (Phi) is 5.55. The van der Waals surface area contributed by atoms with Gasteiger partial charge in [-0.15, -0.1) is 0 Å². The maximum atomic E-state index is 14.6. The molecule has 142 valence electrons. The third-order valence-corrected chi connectivity index (χ3v) is 4.30. The highest BCUT2D eigenvalue weighted by molar-refractivity contribution is 5.82. The lowest BCUT2D eigenvalue weighted by molar-refractivity contribution is 0.198. The van der Waals surface area contributed by atoms with E-state index in [1.807, 2.05) is 6.92 Å². The van der Waals surface area contributed by atoms with E-state index in [0.717, 1.165) is 10.6 Å². The topological polar surface area (TPSA) is 80.9 Å². The molecule has 27 heavy (non-hydrogen) atoms. The van der Waals surface area contributed by atoms with Gasteiger partial charge in [0.2, 0.25) is 0 Å². The number of halogens is 2. The van der Waals surface area contributed by atoms with E-state index in [0.29, 0.717) is 18.4 Å². The molecule has 3 aromatic rings. The minimum absolute atomic E-state index is 0.0723. The molecule has 3 rings (SSSR count). The Morgan fingerprint density at radius 3 is 2.56 bits per heavy atom. The van der Waals surface area contributed by atoms with Crippen molar-refractivity contribution in [2.24, 2.45) is 0 Å². The van der Waals surface area contributed by atoms with E-state index in [4.69, 9.17) is 0 Å². The second-order valence-electron chi connectivity index (χ2n) is 6.45. The molecule has 2 aromatic heterocycles. The summed E-state index contributed by atoms with van der Waals surface area (Å²) in [6.45, 7) is 3.33. The first-order valence-corrected chi connectivity index (χ1v) is 8.73. The Morgan fingerprint density at radius 2 is 1.93 bits per heavy atom. The summed E-state index contributed by atoms with van der Waals surface area (Å²) in [7, 11) is 0. The number of alkyl halides is 1. The van der Waals surface area contributed by atoms with Gasteiger partial charge in [0.05, 0.1) is 35.4 Å². The lowest BCUT2D eigenvalue weighted by Gasteiger charge is -2.11. The number of aromatic nitrogens is 4. The summed E-state index contributed by atoms with van der Waals surface area (Å²) < 4.78 is 29.6. The first-order valence-electron chi connectivity index (χ1n) is 8.73. The van der Waals surface area contributed by atoms with Crippen molar-refractivity contribution >= 4 is 10.9 Å². The normalized spacial score (nSPS) is 13.7. The van der Waals surface area contributed by atoms with Crippen molar-refractivity contribution in [2.45, 2.75) is 45.5 Å². The summed E-state index contributed by atoms with van der Waals surface area (Å²) in [5, 5.41) is 9.58. The van der Waals surface area contributed by atoms with Crippen molar-refractivity contribution in [3.8, 4) is 11.4 Å².